The van der Waals surface area contributed by atoms with Crippen molar-refractivity contribution < 1.29 is 53.1 Å². The van der Waals surface area contributed by atoms with Gasteiger partial charge in [0.2, 0.25) is 47.3 Å². The molecule has 1 rings (SSSR count). The maximum absolute atomic E-state index is 14.4. The number of Topliss-reactive ketones (excluding diaryl/α,β-unsaturated/α-hetero) is 1. The third-order valence-corrected chi connectivity index (χ3v) is 12.4. The molecule has 9 amide bonds. The minimum atomic E-state index is -1.79. The average Bonchev–Trinajstić information content (AvgIpc) is 3.76. The summed E-state index contributed by atoms with van der Waals surface area (Å²) in [6.07, 6.45) is 0.345. The summed E-state index contributed by atoms with van der Waals surface area (Å²) in [5.41, 5.74) is 9.22. The van der Waals surface area contributed by atoms with Gasteiger partial charge in [-0.1, -0.05) is 67.7 Å². The largest absolute Gasteiger partial charge is 0.391 e. The van der Waals surface area contributed by atoms with Crippen LogP contribution in [0.1, 0.15) is 121 Å². The molecule has 0 aromatic rings. The molecular formula is C46H83N13O11. The van der Waals surface area contributed by atoms with Crippen molar-refractivity contribution >= 4 is 64.9 Å². The molecule has 1 fully saturated rings. The van der Waals surface area contributed by atoms with Crippen molar-refractivity contribution in [2.24, 2.45) is 34.2 Å². The van der Waals surface area contributed by atoms with Gasteiger partial charge in [0.1, 0.15) is 36.3 Å². The molecule has 14 N–H and O–H groups in total. The average molecular weight is 994 g/mol. The molecule has 70 heavy (non-hydrogen) atoms. The van der Waals surface area contributed by atoms with E-state index in [-0.39, 0.29) is 57.8 Å². The first-order chi connectivity index (χ1) is 32.9. The quantitative estimate of drug-likeness (QED) is 0.0146. The van der Waals surface area contributed by atoms with Crippen LogP contribution in [0.25, 0.3) is 0 Å². The van der Waals surface area contributed by atoms with Gasteiger partial charge >= 0.3 is 0 Å². The first-order valence-corrected chi connectivity index (χ1v) is 24.4. The van der Waals surface area contributed by atoms with Crippen molar-refractivity contribution in [3.8, 4) is 0 Å². The van der Waals surface area contributed by atoms with Crippen LogP contribution >= 0.6 is 0 Å². The Bertz CT molecular complexity index is 1840. The lowest BCUT2D eigenvalue weighted by molar-refractivity contribution is -0.153. The van der Waals surface area contributed by atoms with Crippen molar-refractivity contribution in [1.82, 2.24) is 52.8 Å². The van der Waals surface area contributed by atoms with E-state index in [1.807, 2.05) is 0 Å². The van der Waals surface area contributed by atoms with Crippen LogP contribution in [0.2, 0.25) is 0 Å². The van der Waals surface area contributed by atoms with E-state index in [0.717, 1.165) is 0 Å². The standard InChI is InChI=1S/C46H83N13O11/c1-12-18-30(53-42(68)37(28(9)60)58-41(67)36(27(8)14-3)57-39(65)34(25(5)6)55-33(63)24-52-32(62)23-49-11)38(64)56-35(26(7)13-2)40(66)54-31(19-16-21-51-45(47)48)43(69)59-22-17-20-46(59,29(10)61)44(70)50-15-4/h25-28,30-31,34-37,49,60H,12-24H2,1-11H3,(H,50,70)(H,52,62)(H,53,68)(H,54,66)(H,55,63)(H,56,64)(H,57,65)(H,58,67)(H4,47,48,51)/t26-,27-,28+,30-,31-,34-,35-,36-,37-,46+/m0/s1. The van der Waals surface area contributed by atoms with Gasteiger partial charge in [0.15, 0.2) is 17.3 Å². The molecule has 1 saturated heterocycles. The number of aliphatic hydroxyl groups excluding tert-OH is 1. The van der Waals surface area contributed by atoms with Crippen LogP contribution in [-0.4, -0.2) is 163 Å². The number of likely N-dealkylation sites (tertiary alicyclic amines) is 1. The Labute approximate surface area is 412 Å². The number of likely N-dealkylation sites (N-methyl/N-ethyl adjacent to an activating group) is 2. The number of carbonyl (C=O) groups is 10. The number of aliphatic hydroxyl groups is 1. The Kier molecular flexibility index (Phi) is 27.2. The molecule has 398 valence electrons. The van der Waals surface area contributed by atoms with Gasteiger partial charge in [-0.2, -0.15) is 0 Å². The van der Waals surface area contributed by atoms with Crippen LogP contribution in [0, 0.1) is 17.8 Å². The summed E-state index contributed by atoms with van der Waals surface area (Å²) in [7, 11) is 1.57. The first-order valence-electron chi connectivity index (χ1n) is 24.4. The summed E-state index contributed by atoms with van der Waals surface area (Å²) in [6.45, 7) is 16.2. The molecule has 1 aliphatic heterocycles. The fourth-order valence-corrected chi connectivity index (χ4v) is 7.93. The van der Waals surface area contributed by atoms with E-state index in [2.05, 4.69) is 52.8 Å². The number of ketones is 1. The molecule has 10 atom stereocenters. The van der Waals surface area contributed by atoms with Gasteiger partial charge in [0.25, 0.3) is 5.91 Å². The number of nitrogens with one attached hydrogen (secondary N) is 9. The van der Waals surface area contributed by atoms with Gasteiger partial charge < -0.3 is 69.3 Å². The molecule has 0 radical (unpaired) electrons. The lowest BCUT2D eigenvalue weighted by Crippen LogP contribution is -2.65. The van der Waals surface area contributed by atoms with Crippen molar-refractivity contribution in [3.63, 3.8) is 0 Å². The highest BCUT2D eigenvalue weighted by molar-refractivity contribution is 6.13. The molecule has 1 aliphatic rings. The van der Waals surface area contributed by atoms with Gasteiger partial charge in [-0.25, -0.2) is 0 Å². The highest BCUT2D eigenvalue weighted by Crippen LogP contribution is 2.32. The molecule has 0 unspecified atom stereocenters. The predicted octanol–water partition coefficient (Wildman–Crippen LogP) is -2.70. The SMILES string of the molecule is CCC[C@H](NC(=O)[C@@H](NC(=O)[C@@H](NC(=O)[C@@H](NC(=O)CNC(=O)CNC)C(C)C)[C@@H](C)CC)[C@@H](C)O)C(=O)N[C@H](C(=O)N[C@@H](CCCN=C(N)N)C(=O)N1CCC[C@@]1(C(C)=O)C(=O)NCC)[C@@H](C)CC. The van der Waals surface area contributed by atoms with E-state index >= 15 is 0 Å². The van der Waals surface area contributed by atoms with E-state index in [9.17, 15) is 53.1 Å². The Morgan fingerprint density at radius 3 is 1.69 bits per heavy atom. The van der Waals surface area contributed by atoms with Crippen molar-refractivity contribution in [1.29, 1.82) is 0 Å². The topological polar surface area (TPSA) is 367 Å². The number of rotatable bonds is 31. The summed E-state index contributed by atoms with van der Waals surface area (Å²) in [5.74, 6) is -8.59. The molecule has 0 bridgehead atoms. The number of amides is 9. The third-order valence-electron chi connectivity index (χ3n) is 12.4. The van der Waals surface area contributed by atoms with Gasteiger partial charge in [0, 0.05) is 19.6 Å². The van der Waals surface area contributed by atoms with E-state index in [1.54, 1.807) is 62.4 Å². The van der Waals surface area contributed by atoms with Crippen LogP contribution in [-0.2, 0) is 47.9 Å². The second-order valence-corrected chi connectivity index (χ2v) is 18.3. The van der Waals surface area contributed by atoms with Crippen LogP contribution in [0.15, 0.2) is 4.99 Å². The Balaban J connectivity index is 3.42. The zero-order chi connectivity index (χ0) is 53.5. The second kappa shape index (κ2) is 30.6. The number of nitrogens with zero attached hydrogens (tertiary/aromatic N) is 2. The Morgan fingerprint density at radius 1 is 0.657 bits per heavy atom. The van der Waals surface area contributed by atoms with Crippen LogP contribution in [0.5, 0.6) is 0 Å². The van der Waals surface area contributed by atoms with E-state index in [1.165, 1.54) is 18.7 Å². The highest BCUT2D eigenvalue weighted by atomic mass is 16.3. The predicted molar refractivity (Wildman–Crippen MR) is 262 cm³/mol. The molecule has 0 saturated carbocycles. The van der Waals surface area contributed by atoms with Gasteiger partial charge in [-0.15, -0.1) is 0 Å². The van der Waals surface area contributed by atoms with Gasteiger partial charge in [-0.05, 0) is 77.7 Å². The van der Waals surface area contributed by atoms with Crippen LogP contribution < -0.4 is 59.3 Å². The minimum absolute atomic E-state index is 0.00183. The van der Waals surface area contributed by atoms with Crippen LogP contribution in [0.4, 0.5) is 0 Å². The van der Waals surface area contributed by atoms with E-state index in [0.29, 0.717) is 25.7 Å². The van der Waals surface area contributed by atoms with Gasteiger partial charge in [0.05, 0.1) is 19.2 Å². The Morgan fingerprint density at radius 2 is 1.19 bits per heavy atom. The summed E-state index contributed by atoms with van der Waals surface area (Å²) in [6, 6.07) is -7.81. The summed E-state index contributed by atoms with van der Waals surface area (Å²) in [4.78, 5) is 141. The second-order valence-electron chi connectivity index (χ2n) is 18.3. The maximum atomic E-state index is 14.4. The molecule has 0 aliphatic carbocycles. The monoisotopic (exact) mass is 994 g/mol. The number of aliphatic imine (C=N–C) groups is 1. The molecule has 1 heterocycles. The molecule has 24 nitrogen and oxygen atoms in total. The van der Waals surface area contributed by atoms with Crippen molar-refractivity contribution in [2.45, 2.75) is 168 Å². The zero-order valence-electron chi connectivity index (χ0n) is 43.0. The maximum Gasteiger partial charge on any atom is 0.253 e. The number of nitrogens with two attached hydrogens (primary N) is 2. The normalized spacial score (nSPS) is 18.2. The first kappa shape index (κ1) is 62.1. The Hall–Kier alpha value is -5.91. The molecule has 0 spiro atoms. The van der Waals surface area contributed by atoms with Crippen molar-refractivity contribution in [3.05, 3.63) is 0 Å². The van der Waals surface area contributed by atoms with Gasteiger partial charge in [-0.3, -0.25) is 52.9 Å². The molecule has 24 heteroatoms. The fraction of sp³-hybridized carbons (Fsp3) is 0.761. The van der Waals surface area contributed by atoms with E-state index < -0.39 is 131 Å². The van der Waals surface area contributed by atoms with Crippen LogP contribution in [0.3, 0.4) is 0 Å². The molecule has 0 aromatic carbocycles. The fourth-order valence-electron chi connectivity index (χ4n) is 7.93. The van der Waals surface area contributed by atoms with Crippen molar-refractivity contribution in [2.75, 3.05) is 39.8 Å². The minimum Gasteiger partial charge on any atom is -0.391 e. The smallest absolute Gasteiger partial charge is 0.253 e. The zero-order valence-corrected chi connectivity index (χ0v) is 43.0. The highest BCUT2D eigenvalue weighted by Gasteiger charge is 2.54. The number of guanidine groups is 1. The summed E-state index contributed by atoms with van der Waals surface area (Å²) in [5, 5.41) is 34.4. The molecule has 0 aromatic heterocycles. The lowest BCUT2D eigenvalue weighted by Gasteiger charge is -2.37. The molecular weight excluding hydrogens is 911 g/mol. The summed E-state index contributed by atoms with van der Waals surface area (Å²) >= 11 is 0. The summed E-state index contributed by atoms with van der Waals surface area (Å²) < 4.78 is 0. The lowest BCUT2D eigenvalue weighted by atomic mass is 9.89. The third kappa shape index (κ3) is 18.4. The van der Waals surface area contributed by atoms with E-state index in [4.69, 9.17) is 11.5 Å². The number of hydrogen-bond donors (Lipinski definition) is 12. The number of carbonyl (C=O) groups excluding carboxylic acids is 10. The number of hydrogen-bond acceptors (Lipinski definition) is 13.